The van der Waals surface area contributed by atoms with Gasteiger partial charge in [-0.2, -0.15) is 0 Å². The van der Waals surface area contributed by atoms with Crippen molar-refractivity contribution in [3.8, 4) is 0 Å². The van der Waals surface area contributed by atoms with Crippen LogP contribution in [0.25, 0.3) is 0 Å². The summed E-state index contributed by atoms with van der Waals surface area (Å²) >= 11 is 0. The molecule has 8 nitrogen and oxygen atoms in total. The third-order valence-corrected chi connectivity index (χ3v) is 7.64. The zero-order valence-electron chi connectivity index (χ0n) is 19.2. The molecule has 34 heavy (non-hydrogen) atoms. The Morgan fingerprint density at radius 2 is 1.56 bits per heavy atom. The SMILES string of the molecule is O=C(C1CC2CCCCC2N1C(=O)c1ccccc1)N1CCN(c2ccccc2[N+](=O)[O-])CC1. The van der Waals surface area contributed by atoms with Crippen LogP contribution in [0.1, 0.15) is 42.5 Å². The second kappa shape index (κ2) is 9.44. The van der Waals surface area contributed by atoms with E-state index in [-0.39, 0.29) is 28.5 Å². The lowest BCUT2D eigenvalue weighted by atomic mass is 9.84. The molecule has 1 aliphatic carbocycles. The normalized spacial score (nSPS) is 24.6. The first-order valence-electron chi connectivity index (χ1n) is 12.2. The molecular weight excluding hydrogens is 432 g/mol. The Kier molecular flexibility index (Phi) is 6.22. The number of fused-ring (bicyclic) bond motifs is 1. The number of amides is 2. The molecule has 3 fully saturated rings. The van der Waals surface area contributed by atoms with Gasteiger partial charge in [-0.3, -0.25) is 19.7 Å². The van der Waals surface area contributed by atoms with E-state index in [9.17, 15) is 19.7 Å². The van der Waals surface area contributed by atoms with E-state index in [4.69, 9.17) is 0 Å². The minimum Gasteiger partial charge on any atom is -0.362 e. The van der Waals surface area contributed by atoms with Crippen molar-refractivity contribution in [2.24, 2.45) is 5.92 Å². The molecule has 3 atom stereocenters. The Morgan fingerprint density at radius 1 is 0.882 bits per heavy atom. The highest BCUT2D eigenvalue weighted by Crippen LogP contribution is 2.41. The molecule has 8 heteroatoms. The molecule has 2 saturated heterocycles. The van der Waals surface area contributed by atoms with Gasteiger partial charge in [-0.15, -0.1) is 0 Å². The summed E-state index contributed by atoms with van der Waals surface area (Å²) in [6, 6.07) is 15.7. The van der Waals surface area contributed by atoms with E-state index in [0.717, 1.165) is 32.1 Å². The van der Waals surface area contributed by atoms with E-state index < -0.39 is 6.04 Å². The number of carbonyl (C=O) groups is 2. The van der Waals surface area contributed by atoms with Crippen molar-refractivity contribution in [1.82, 2.24) is 9.80 Å². The van der Waals surface area contributed by atoms with Crippen LogP contribution in [-0.2, 0) is 4.79 Å². The minimum absolute atomic E-state index is 0.0147. The van der Waals surface area contributed by atoms with Crippen LogP contribution >= 0.6 is 0 Å². The molecule has 0 bridgehead atoms. The highest BCUT2D eigenvalue weighted by Gasteiger charge is 2.48. The number of hydrogen-bond acceptors (Lipinski definition) is 5. The van der Waals surface area contributed by atoms with Crippen molar-refractivity contribution < 1.29 is 14.5 Å². The van der Waals surface area contributed by atoms with Gasteiger partial charge in [0.2, 0.25) is 5.91 Å². The monoisotopic (exact) mass is 462 g/mol. The van der Waals surface area contributed by atoms with E-state index in [0.29, 0.717) is 43.3 Å². The number of likely N-dealkylation sites (tertiary alicyclic amines) is 1. The van der Waals surface area contributed by atoms with Crippen molar-refractivity contribution in [3.63, 3.8) is 0 Å². The highest BCUT2D eigenvalue weighted by molar-refractivity contribution is 5.98. The standard InChI is InChI=1S/C26H30N4O4/c31-25(19-8-2-1-3-9-19)29-21-11-5-4-10-20(21)18-24(29)26(32)28-16-14-27(15-17-28)22-12-6-7-13-23(22)30(33)34/h1-3,6-9,12-13,20-21,24H,4-5,10-11,14-18H2. The third-order valence-electron chi connectivity index (χ3n) is 7.64. The maximum absolute atomic E-state index is 13.7. The van der Waals surface area contributed by atoms with Crippen molar-refractivity contribution in [2.75, 3.05) is 31.1 Å². The molecule has 2 aromatic rings. The smallest absolute Gasteiger partial charge is 0.292 e. The minimum atomic E-state index is -0.432. The first-order chi connectivity index (χ1) is 16.5. The van der Waals surface area contributed by atoms with Crippen molar-refractivity contribution >= 4 is 23.2 Å². The molecule has 178 valence electrons. The molecule has 2 aromatic carbocycles. The number of carbonyl (C=O) groups excluding carboxylic acids is 2. The lowest BCUT2D eigenvalue weighted by Gasteiger charge is -2.39. The molecular formula is C26H30N4O4. The number of anilines is 1. The van der Waals surface area contributed by atoms with E-state index in [1.807, 2.05) is 45.0 Å². The van der Waals surface area contributed by atoms with E-state index in [2.05, 4.69) is 0 Å². The summed E-state index contributed by atoms with van der Waals surface area (Å²) in [4.78, 5) is 44.0. The predicted molar refractivity (Wildman–Crippen MR) is 129 cm³/mol. The van der Waals surface area contributed by atoms with Crippen molar-refractivity contribution in [3.05, 3.63) is 70.3 Å². The fourth-order valence-corrected chi connectivity index (χ4v) is 5.97. The summed E-state index contributed by atoms with van der Waals surface area (Å²) in [7, 11) is 0. The van der Waals surface area contributed by atoms with Crippen LogP contribution < -0.4 is 4.90 Å². The Balaban J connectivity index is 1.32. The molecule has 0 N–H and O–H groups in total. The second-order valence-corrected chi connectivity index (χ2v) is 9.50. The summed E-state index contributed by atoms with van der Waals surface area (Å²) in [6.07, 6.45) is 5.00. The summed E-state index contributed by atoms with van der Waals surface area (Å²) in [5, 5.41) is 11.4. The Bertz CT molecular complexity index is 1070. The fraction of sp³-hybridized carbons (Fsp3) is 0.462. The molecule has 0 spiro atoms. The Hall–Kier alpha value is -3.42. The topological polar surface area (TPSA) is 87.0 Å². The van der Waals surface area contributed by atoms with Gasteiger partial charge in [-0.1, -0.05) is 43.2 Å². The zero-order chi connectivity index (χ0) is 23.7. The van der Waals surface area contributed by atoms with E-state index in [1.54, 1.807) is 18.2 Å². The number of nitrogens with zero attached hydrogens (tertiary/aromatic N) is 4. The average Bonchev–Trinajstić information content (AvgIpc) is 3.28. The van der Waals surface area contributed by atoms with Gasteiger partial charge in [-0.25, -0.2) is 0 Å². The van der Waals surface area contributed by atoms with Crippen LogP contribution in [0.2, 0.25) is 0 Å². The molecule has 5 rings (SSSR count). The van der Waals surface area contributed by atoms with Gasteiger partial charge >= 0.3 is 0 Å². The van der Waals surface area contributed by atoms with E-state index >= 15 is 0 Å². The number of benzene rings is 2. The molecule has 0 aromatic heterocycles. The molecule has 1 saturated carbocycles. The van der Waals surface area contributed by atoms with Gasteiger partial charge in [0.1, 0.15) is 11.7 Å². The highest BCUT2D eigenvalue weighted by atomic mass is 16.6. The van der Waals surface area contributed by atoms with Crippen LogP contribution in [0.5, 0.6) is 0 Å². The third kappa shape index (κ3) is 4.13. The van der Waals surface area contributed by atoms with E-state index in [1.165, 1.54) is 6.07 Å². The van der Waals surface area contributed by atoms with Gasteiger partial charge in [0.25, 0.3) is 11.6 Å². The van der Waals surface area contributed by atoms with Gasteiger partial charge < -0.3 is 14.7 Å². The quantitative estimate of drug-likeness (QED) is 0.511. The zero-order valence-corrected chi connectivity index (χ0v) is 19.2. The maximum Gasteiger partial charge on any atom is 0.292 e. The first-order valence-corrected chi connectivity index (χ1v) is 12.2. The molecule has 2 amide bonds. The molecule has 2 aliphatic heterocycles. The number of nitro benzene ring substituents is 1. The average molecular weight is 463 g/mol. The second-order valence-electron chi connectivity index (χ2n) is 9.50. The summed E-state index contributed by atoms with van der Waals surface area (Å²) in [5.41, 5.74) is 1.31. The van der Waals surface area contributed by atoms with Gasteiger partial charge in [0.05, 0.1) is 4.92 Å². The number of nitro groups is 1. The number of hydrogen-bond donors (Lipinski definition) is 0. The van der Waals surface area contributed by atoms with Crippen molar-refractivity contribution in [1.29, 1.82) is 0 Å². The summed E-state index contributed by atoms with van der Waals surface area (Å²) in [6.45, 7) is 2.04. The number of rotatable bonds is 4. The first kappa shape index (κ1) is 22.4. The van der Waals surface area contributed by atoms with Crippen LogP contribution in [0.15, 0.2) is 54.6 Å². The Morgan fingerprint density at radius 3 is 2.29 bits per heavy atom. The lowest BCUT2D eigenvalue weighted by Crippen LogP contribution is -2.55. The lowest BCUT2D eigenvalue weighted by molar-refractivity contribution is -0.384. The molecule has 2 heterocycles. The summed E-state index contributed by atoms with van der Waals surface area (Å²) in [5.74, 6) is 0.344. The Labute approximate surface area is 199 Å². The van der Waals surface area contributed by atoms with Crippen LogP contribution in [0.3, 0.4) is 0 Å². The number of piperazine rings is 1. The van der Waals surface area contributed by atoms with Gasteiger partial charge in [-0.05, 0) is 43.4 Å². The van der Waals surface area contributed by atoms with Crippen LogP contribution in [-0.4, -0.2) is 64.8 Å². The fourth-order valence-electron chi connectivity index (χ4n) is 5.97. The van der Waals surface area contributed by atoms with Crippen LogP contribution in [0, 0.1) is 16.0 Å². The molecule has 3 unspecified atom stereocenters. The van der Waals surface area contributed by atoms with Gasteiger partial charge in [0, 0.05) is 43.9 Å². The van der Waals surface area contributed by atoms with Crippen molar-refractivity contribution in [2.45, 2.75) is 44.2 Å². The van der Waals surface area contributed by atoms with Crippen LogP contribution in [0.4, 0.5) is 11.4 Å². The summed E-state index contributed by atoms with van der Waals surface area (Å²) < 4.78 is 0. The molecule has 3 aliphatic rings. The number of para-hydroxylation sites is 2. The predicted octanol–water partition coefficient (Wildman–Crippen LogP) is 3.72. The maximum atomic E-state index is 13.7. The molecule has 0 radical (unpaired) electrons. The van der Waals surface area contributed by atoms with Gasteiger partial charge in [0.15, 0.2) is 0 Å². The largest absolute Gasteiger partial charge is 0.362 e.